The maximum Gasteiger partial charge on any atom is 0.180 e. The molecule has 5 aromatic rings. The number of fused-ring (bicyclic) bond motifs is 2. The highest BCUT2D eigenvalue weighted by Crippen LogP contribution is 2.30. The lowest BCUT2D eigenvalue weighted by atomic mass is 10.2. The summed E-state index contributed by atoms with van der Waals surface area (Å²) >= 11 is 0. The van der Waals surface area contributed by atoms with Gasteiger partial charge < -0.3 is 14.8 Å². The van der Waals surface area contributed by atoms with Crippen LogP contribution in [0.3, 0.4) is 0 Å². The first-order valence-electron chi connectivity index (χ1n) is 10.2. The fourth-order valence-corrected chi connectivity index (χ4v) is 3.96. The van der Waals surface area contributed by atoms with E-state index in [0.29, 0.717) is 22.9 Å². The van der Waals surface area contributed by atoms with E-state index < -0.39 is 0 Å². The van der Waals surface area contributed by atoms with Crippen molar-refractivity contribution in [1.82, 2.24) is 45.0 Å². The second-order valence-corrected chi connectivity index (χ2v) is 7.66. The molecule has 0 radical (unpaired) electrons. The summed E-state index contributed by atoms with van der Waals surface area (Å²) in [5, 5.41) is 7.53. The first-order valence-corrected chi connectivity index (χ1v) is 10.2. The van der Waals surface area contributed by atoms with Gasteiger partial charge >= 0.3 is 0 Å². The summed E-state index contributed by atoms with van der Waals surface area (Å²) in [6.07, 6.45) is 6.81. The fraction of sp³-hybridized carbons (Fsp3) is 0.238. The molecule has 0 aliphatic carbocycles. The molecule has 2 N–H and O–H groups in total. The van der Waals surface area contributed by atoms with Gasteiger partial charge in [0.15, 0.2) is 17.2 Å². The van der Waals surface area contributed by atoms with Crippen molar-refractivity contribution in [2.45, 2.75) is 0 Å². The van der Waals surface area contributed by atoms with Crippen molar-refractivity contribution in [3.8, 4) is 22.9 Å². The minimum absolute atomic E-state index is 0.638. The molecule has 1 fully saturated rings. The Bertz CT molecular complexity index is 1370. The summed E-state index contributed by atoms with van der Waals surface area (Å²) in [4.78, 5) is 30.6. The fourth-order valence-electron chi connectivity index (χ4n) is 3.96. The number of hydrogen-bond donors (Lipinski definition) is 2. The molecule has 10 heteroatoms. The highest BCUT2D eigenvalue weighted by Gasteiger charge is 2.20. The Morgan fingerprint density at radius 3 is 2.65 bits per heavy atom. The lowest BCUT2D eigenvalue weighted by Gasteiger charge is -2.34. The summed E-state index contributed by atoms with van der Waals surface area (Å²) in [6, 6.07) is 5.89. The van der Waals surface area contributed by atoms with Gasteiger partial charge in [-0.3, -0.25) is 15.1 Å². The number of piperazine rings is 1. The van der Waals surface area contributed by atoms with E-state index in [1.165, 1.54) is 0 Å². The second-order valence-electron chi connectivity index (χ2n) is 7.66. The average Bonchev–Trinajstić information content (AvgIpc) is 3.43. The standard InChI is InChI=1S/C21H20N10/c1-30-8-10-31(11-9-30)16-4-5-24-20-18(16)26-21(27-20)19-17-14(28-29-19)3-2-13(25-17)15-12-22-6-7-23-15/h2-7,12H,8-11H2,1H3,(H,28,29)(H,24,26,27). The molecule has 5 aromatic heterocycles. The predicted octanol–water partition coefficient (Wildman–Crippen LogP) is 2.10. The van der Waals surface area contributed by atoms with Crippen LogP contribution < -0.4 is 4.90 Å². The van der Waals surface area contributed by atoms with E-state index in [-0.39, 0.29) is 0 Å². The van der Waals surface area contributed by atoms with E-state index in [4.69, 9.17) is 9.97 Å². The van der Waals surface area contributed by atoms with Crippen molar-refractivity contribution >= 4 is 27.9 Å². The molecule has 1 aliphatic rings. The monoisotopic (exact) mass is 412 g/mol. The van der Waals surface area contributed by atoms with Crippen molar-refractivity contribution in [1.29, 1.82) is 0 Å². The van der Waals surface area contributed by atoms with Crippen LogP contribution in [0.1, 0.15) is 0 Å². The third kappa shape index (κ3) is 3.08. The number of nitrogens with one attached hydrogen (secondary N) is 2. The zero-order valence-corrected chi connectivity index (χ0v) is 16.9. The first-order chi connectivity index (χ1) is 15.3. The van der Waals surface area contributed by atoms with E-state index in [1.54, 1.807) is 18.6 Å². The summed E-state index contributed by atoms with van der Waals surface area (Å²) in [5.74, 6) is 0.638. The van der Waals surface area contributed by atoms with Gasteiger partial charge in [0.25, 0.3) is 0 Å². The van der Waals surface area contributed by atoms with Crippen LogP contribution in [0.5, 0.6) is 0 Å². The minimum atomic E-state index is 0.638. The van der Waals surface area contributed by atoms with Gasteiger partial charge in [0.05, 0.1) is 23.1 Å². The van der Waals surface area contributed by atoms with Crippen LogP contribution in [0.25, 0.3) is 45.1 Å². The van der Waals surface area contributed by atoms with Gasteiger partial charge in [0.1, 0.15) is 16.7 Å². The lowest BCUT2D eigenvalue weighted by Crippen LogP contribution is -2.44. The van der Waals surface area contributed by atoms with Gasteiger partial charge in [-0.2, -0.15) is 5.10 Å². The van der Waals surface area contributed by atoms with E-state index in [2.05, 4.69) is 47.0 Å². The largest absolute Gasteiger partial charge is 0.367 e. The Morgan fingerprint density at radius 1 is 0.903 bits per heavy atom. The molecular weight excluding hydrogens is 392 g/mol. The Morgan fingerprint density at radius 2 is 1.81 bits per heavy atom. The van der Waals surface area contributed by atoms with Crippen molar-refractivity contribution in [2.24, 2.45) is 0 Å². The quantitative estimate of drug-likeness (QED) is 0.463. The van der Waals surface area contributed by atoms with Crippen molar-refractivity contribution < 1.29 is 0 Å². The Hall–Kier alpha value is -3.92. The number of aromatic amines is 2. The molecule has 0 amide bonds. The van der Waals surface area contributed by atoms with Crippen LogP contribution in [-0.4, -0.2) is 78.2 Å². The molecule has 6 rings (SSSR count). The molecule has 0 spiro atoms. The summed E-state index contributed by atoms with van der Waals surface area (Å²) < 4.78 is 0. The van der Waals surface area contributed by atoms with Crippen LogP contribution in [0.15, 0.2) is 43.0 Å². The number of aromatic nitrogens is 8. The van der Waals surface area contributed by atoms with E-state index >= 15 is 0 Å². The molecular formula is C21H20N10. The topological polar surface area (TPSA) is 115 Å². The molecule has 31 heavy (non-hydrogen) atoms. The number of anilines is 1. The normalized spacial score (nSPS) is 15.2. The molecule has 1 saturated heterocycles. The molecule has 0 atom stereocenters. The van der Waals surface area contributed by atoms with Crippen LogP contribution in [-0.2, 0) is 0 Å². The number of hydrogen-bond acceptors (Lipinski definition) is 8. The van der Waals surface area contributed by atoms with Crippen LogP contribution in [0.2, 0.25) is 0 Å². The van der Waals surface area contributed by atoms with Crippen molar-refractivity contribution in [3.63, 3.8) is 0 Å². The number of pyridine rings is 2. The average molecular weight is 412 g/mol. The first kappa shape index (κ1) is 17.9. The van der Waals surface area contributed by atoms with Gasteiger partial charge in [0.2, 0.25) is 0 Å². The molecule has 0 aromatic carbocycles. The number of imidazole rings is 1. The number of H-pyrrole nitrogens is 2. The Balaban J connectivity index is 1.44. The van der Waals surface area contributed by atoms with Gasteiger partial charge in [-0.05, 0) is 25.2 Å². The van der Waals surface area contributed by atoms with Crippen molar-refractivity contribution in [2.75, 3.05) is 38.1 Å². The Labute approximate surface area is 177 Å². The second kappa shape index (κ2) is 7.10. The van der Waals surface area contributed by atoms with Gasteiger partial charge in [-0.15, -0.1) is 0 Å². The molecule has 0 bridgehead atoms. The predicted molar refractivity (Wildman–Crippen MR) is 118 cm³/mol. The molecule has 0 unspecified atom stereocenters. The maximum atomic E-state index is 4.78. The van der Waals surface area contributed by atoms with Crippen LogP contribution in [0.4, 0.5) is 5.69 Å². The molecule has 10 nitrogen and oxygen atoms in total. The zero-order valence-electron chi connectivity index (χ0n) is 16.9. The third-order valence-corrected chi connectivity index (χ3v) is 5.67. The highest BCUT2D eigenvalue weighted by molar-refractivity contribution is 5.93. The summed E-state index contributed by atoms with van der Waals surface area (Å²) in [7, 11) is 2.15. The SMILES string of the molecule is CN1CCN(c2ccnc3nc(-c4n[nH]c5ccc(-c6cnccn6)nc45)[nH]c23)CC1. The van der Waals surface area contributed by atoms with Gasteiger partial charge in [-0.1, -0.05) is 0 Å². The number of likely N-dealkylation sites (N-methyl/N-ethyl adjacent to an activating group) is 1. The molecule has 6 heterocycles. The third-order valence-electron chi connectivity index (χ3n) is 5.67. The van der Waals surface area contributed by atoms with E-state index in [9.17, 15) is 0 Å². The van der Waals surface area contributed by atoms with E-state index in [1.807, 2.05) is 24.4 Å². The summed E-state index contributed by atoms with van der Waals surface area (Å²) in [6.45, 7) is 4.00. The van der Waals surface area contributed by atoms with Gasteiger partial charge in [0, 0.05) is 44.8 Å². The zero-order chi connectivity index (χ0) is 20.8. The highest BCUT2D eigenvalue weighted by atomic mass is 15.3. The van der Waals surface area contributed by atoms with E-state index in [0.717, 1.165) is 54.1 Å². The van der Waals surface area contributed by atoms with Crippen molar-refractivity contribution in [3.05, 3.63) is 43.0 Å². The maximum absolute atomic E-state index is 4.78. The molecule has 154 valence electrons. The van der Waals surface area contributed by atoms with Crippen LogP contribution in [0, 0.1) is 0 Å². The minimum Gasteiger partial charge on any atom is -0.367 e. The Kier molecular flexibility index (Phi) is 4.10. The number of rotatable bonds is 3. The summed E-state index contributed by atoms with van der Waals surface area (Å²) in [5.41, 5.74) is 6.36. The molecule has 0 saturated carbocycles. The molecule has 1 aliphatic heterocycles. The lowest BCUT2D eigenvalue weighted by molar-refractivity contribution is 0.313. The van der Waals surface area contributed by atoms with Gasteiger partial charge in [-0.25, -0.2) is 15.0 Å². The number of nitrogens with zero attached hydrogens (tertiary/aromatic N) is 8. The smallest absolute Gasteiger partial charge is 0.180 e. The van der Waals surface area contributed by atoms with Crippen LogP contribution >= 0.6 is 0 Å².